The number of hydrogen-bond donors (Lipinski definition) is 1. The first-order valence-corrected chi connectivity index (χ1v) is 7.66. The van der Waals surface area contributed by atoms with Gasteiger partial charge in [-0.3, -0.25) is 18.8 Å². The normalized spacial score (nSPS) is 11.1. The number of aryl methyl sites for hydroxylation is 2. The number of halogens is 2. The van der Waals surface area contributed by atoms with E-state index in [1.54, 1.807) is 13.1 Å². The number of amides is 1. The van der Waals surface area contributed by atoms with E-state index in [0.717, 1.165) is 0 Å². The molecular formula is C16H15F2N5O3. The van der Waals surface area contributed by atoms with Crippen LogP contribution in [0, 0.1) is 0 Å². The molecule has 0 spiro atoms. The van der Waals surface area contributed by atoms with Crippen molar-refractivity contribution >= 4 is 22.6 Å². The van der Waals surface area contributed by atoms with Crippen molar-refractivity contribution in [3.05, 3.63) is 47.1 Å². The van der Waals surface area contributed by atoms with Gasteiger partial charge in [0.2, 0.25) is 5.91 Å². The van der Waals surface area contributed by atoms with E-state index >= 15 is 0 Å². The van der Waals surface area contributed by atoms with E-state index < -0.39 is 12.5 Å². The molecule has 3 aromatic rings. The van der Waals surface area contributed by atoms with Crippen LogP contribution in [0.1, 0.15) is 6.42 Å². The van der Waals surface area contributed by atoms with E-state index in [1.165, 1.54) is 40.0 Å². The number of aromatic nitrogens is 4. The minimum Gasteiger partial charge on any atom is -0.433 e. The molecule has 10 heteroatoms. The Morgan fingerprint density at radius 2 is 2.12 bits per heavy atom. The van der Waals surface area contributed by atoms with E-state index in [4.69, 9.17) is 0 Å². The fourth-order valence-electron chi connectivity index (χ4n) is 2.43. The lowest BCUT2D eigenvalue weighted by atomic mass is 10.2. The van der Waals surface area contributed by atoms with Crippen molar-refractivity contribution < 1.29 is 18.3 Å². The summed E-state index contributed by atoms with van der Waals surface area (Å²) >= 11 is 0. The van der Waals surface area contributed by atoms with Crippen molar-refractivity contribution in [1.29, 1.82) is 0 Å². The second-order valence-electron chi connectivity index (χ2n) is 5.42. The molecule has 0 atom stereocenters. The standard InChI is InChI=1S/C16H15F2N5O3/c1-22-14-10(8-20-22)15(25)23(9-19-14)7-6-13(24)21-11-4-2-3-5-12(11)26-16(17)18/h2-5,8-9,16H,6-7H2,1H3,(H,21,24). The Hall–Kier alpha value is -3.30. The van der Waals surface area contributed by atoms with Crippen LogP contribution >= 0.6 is 0 Å². The molecule has 1 N–H and O–H groups in total. The number of para-hydroxylation sites is 2. The molecule has 2 aromatic heterocycles. The van der Waals surface area contributed by atoms with Crippen molar-refractivity contribution in [2.75, 3.05) is 5.32 Å². The maximum Gasteiger partial charge on any atom is 0.387 e. The zero-order chi connectivity index (χ0) is 18.7. The number of hydrogen-bond acceptors (Lipinski definition) is 5. The van der Waals surface area contributed by atoms with Gasteiger partial charge in [0.1, 0.15) is 11.1 Å². The minimum atomic E-state index is -3.00. The monoisotopic (exact) mass is 363 g/mol. The number of ether oxygens (including phenoxy) is 1. The van der Waals surface area contributed by atoms with Crippen LogP contribution in [0.3, 0.4) is 0 Å². The zero-order valence-corrected chi connectivity index (χ0v) is 13.7. The van der Waals surface area contributed by atoms with Crippen molar-refractivity contribution in [2.24, 2.45) is 7.05 Å². The second-order valence-corrected chi connectivity index (χ2v) is 5.42. The van der Waals surface area contributed by atoms with Crippen molar-refractivity contribution in [3.8, 4) is 5.75 Å². The molecule has 0 aliphatic heterocycles. The Balaban J connectivity index is 1.68. The highest BCUT2D eigenvalue weighted by Crippen LogP contribution is 2.25. The van der Waals surface area contributed by atoms with Gasteiger partial charge in [0, 0.05) is 20.0 Å². The molecule has 0 saturated carbocycles. The molecule has 2 heterocycles. The van der Waals surface area contributed by atoms with E-state index in [0.29, 0.717) is 11.0 Å². The van der Waals surface area contributed by atoms with Gasteiger partial charge >= 0.3 is 6.61 Å². The molecule has 0 fully saturated rings. The summed E-state index contributed by atoms with van der Waals surface area (Å²) in [6, 6.07) is 5.87. The predicted octanol–water partition coefficient (Wildman–Crippen LogP) is 1.76. The van der Waals surface area contributed by atoms with Crippen LogP contribution in [0.4, 0.5) is 14.5 Å². The van der Waals surface area contributed by atoms with Crippen molar-refractivity contribution in [2.45, 2.75) is 19.6 Å². The summed E-state index contributed by atoms with van der Waals surface area (Å²) in [5.41, 5.74) is 0.275. The van der Waals surface area contributed by atoms with Gasteiger partial charge in [0.15, 0.2) is 5.65 Å². The Morgan fingerprint density at radius 3 is 2.88 bits per heavy atom. The molecule has 0 aliphatic rings. The van der Waals surface area contributed by atoms with E-state index in [-0.39, 0.29) is 30.0 Å². The maximum absolute atomic E-state index is 12.4. The van der Waals surface area contributed by atoms with E-state index in [2.05, 4.69) is 20.1 Å². The number of carbonyl (C=O) groups is 1. The molecule has 1 aromatic carbocycles. The van der Waals surface area contributed by atoms with Gasteiger partial charge in [-0.15, -0.1) is 0 Å². The third-order valence-electron chi connectivity index (χ3n) is 3.68. The Kier molecular flexibility index (Phi) is 4.92. The molecule has 0 aliphatic carbocycles. The van der Waals surface area contributed by atoms with Crippen LogP contribution < -0.4 is 15.6 Å². The summed E-state index contributed by atoms with van der Waals surface area (Å²) in [5.74, 6) is -0.583. The van der Waals surface area contributed by atoms with Crippen molar-refractivity contribution in [3.63, 3.8) is 0 Å². The number of anilines is 1. The summed E-state index contributed by atoms with van der Waals surface area (Å²) in [6.45, 7) is -2.91. The first-order chi connectivity index (χ1) is 12.5. The van der Waals surface area contributed by atoms with Gasteiger partial charge in [0.25, 0.3) is 5.56 Å². The van der Waals surface area contributed by atoms with Crippen LogP contribution in [0.15, 0.2) is 41.6 Å². The highest BCUT2D eigenvalue weighted by molar-refractivity contribution is 5.92. The molecule has 1 amide bonds. The highest BCUT2D eigenvalue weighted by atomic mass is 19.3. The summed E-state index contributed by atoms with van der Waals surface area (Å²) < 4.78 is 31.9. The number of fused-ring (bicyclic) bond motifs is 1. The third-order valence-corrected chi connectivity index (χ3v) is 3.68. The molecule has 0 radical (unpaired) electrons. The molecule has 136 valence electrons. The molecular weight excluding hydrogens is 348 g/mol. The van der Waals surface area contributed by atoms with Gasteiger partial charge in [-0.1, -0.05) is 12.1 Å². The van der Waals surface area contributed by atoms with Crippen LogP contribution in [0.25, 0.3) is 11.0 Å². The highest BCUT2D eigenvalue weighted by Gasteiger charge is 2.13. The first kappa shape index (κ1) is 17.5. The lowest BCUT2D eigenvalue weighted by molar-refractivity contribution is -0.116. The van der Waals surface area contributed by atoms with Gasteiger partial charge in [0.05, 0.1) is 18.2 Å². The zero-order valence-electron chi connectivity index (χ0n) is 13.7. The largest absolute Gasteiger partial charge is 0.433 e. The SMILES string of the molecule is Cn1ncc2c(=O)n(CCC(=O)Nc3ccccc3OC(F)F)cnc21. The minimum absolute atomic E-state index is 0.0453. The lowest BCUT2D eigenvalue weighted by Crippen LogP contribution is -2.23. The van der Waals surface area contributed by atoms with Gasteiger partial charge in [-0.05, 0) is 12.1 Å². The molecule has 26 heavy (non-hydrogen) atoms. The predicted molar refractivity (Wildman–Crippen MR) is 89.1 cm³/mol. The quantitative estimate of drug-likeness (QED) is 0.721. The van der Waals surface area contributed by atoms with Gasteiger partial charge in [-0.2, -0.15) is 13.9 Å². The second kappa shape index (κ2) is 7.30. The number of benzene rings is 1. The van der Waals surface area contributed by atoms with Crippen LogP contribution in [-0.2, 0) is 18.4 Å². The van der Waals surface area contributed by atoms with E-state index in [9.17, 15) is 18.4 Å². The molecule has 8 nitrogen and oxygen atoms in total. The number of carbonyl (C=O) groups excluding carboxylic acids is 1. The smallest absolute Gasteiger partial charge is 0.387 e. The average molecular weight is 363 g/mol. The first-order valence-electron chi connectivity index (χ1n) is 7.66. The fourth-order valence-corrected chi connectivity index (χ4v) is 2.43. The molecule has 0 saturated heterocycles. The topological polar surface area (TPSA) is 91.0 Å². The summed E-state index contributed by atoms with van der Waals surface area (Å²) in [6.07, 6.45) is 2.71. The number of nitrogens with zero attached hydrogens (tertiary/aromatic N) is 4. The number of rotatable bonds is 6. The van der Waals surface area contributed by atoms with Gasteiger partial charge in [-0.25, -0.2) is 4.98 Å². The Labute approximate surface area is 146 Å². The Morgan fingerprint density at radius 1 is 1.35 bits per heavy atom. The average Bonchev–Trinajstić information content (AvgIpc) is 2.98. The van der Waals surface area contributed by atoms with Gasteiger partial charge < -0.3 is 10.1 Å². The maximum atomic E-state index is 12.4. The van der Waals surface area contributed by atoms with E-state index in [1.807, 2.05) is 0 Å². The fraction of sp³-hybridized carbons (Fsp3) is 0.250. The number of nitrogens with one attached hydrogen (secondary N) is 1. The summed E-state index contributed by atoms with van der Waals surface area (Å²) in [4.78, 5) is 28.6. The molecule has 0 unspecified atom stereocenters. The lowest BCUT2D eigenvalue weighted by Gasteiger charge is -2.12. The third kappa shape index (κ3) is 3.68. The summed E-state index contributed by atoms with van der Waals surface area (Å²) in [7, 11) is 1.67. The van der Waals surface area contributed by atoms with Crippen molar-refractivity contribution in [1.82, 2.24) is 19.3 Å². The van der Waals surface area contributed by atoms with Crippen LogP contribution in [0.2, 0.25) is 0 Å². The van der Waals surface area contributed by atoms with Crippen LogP contribution in [0.5, 0.6) is 5.75 Å². The molecule has 3 rings (SSSR count). The number of alkyl halides is 2. The summed E-state index contributed by atoms with van der Waals surface area (Å²) in [5, 5.41) is 6.82. The van der Waals surface area contributed by atoms with Crippen LogP contribution in [-0.4, -0.2) is 31.9 Å². The Bertz CT molecular complexity index is 999. The molecule has 0 bridgehead atoms.